The number of hydrogen-bond donors (Lipinski definition) is 0. The minimum atomic E-state index is -1.10. The lowest BCUT2D eigenvalue weighted by atomic mass is 10.1. The van der Waals surface area contributed by atoms with Crippen LogP contribution >= 0.6 is 0 Å². The fourth-order valence-electron chi connectivity index (χ4n) is 2.49. The van der Waals surface area contributed by atoms with Crippen LogP contribution in [0.3, 0.4) is 0 Å². The van der Waals surface area contributed by atoms with E-state index in [0.717, 1.165) is 0 Å². The van der Waals surface area contributed by atoms with E-state index in [-0.39, 0.29) is 46.2 Å². The van der Waals surface area contributed by atoms with Gasteiger partial charge >= 0.3 is 17.9 Å². The van der Waals surface area contributed by atoms with Crippen molar-refractivity contribution in [2.75, 3.05) is 87.4 Å². The summed E-state index contributed by atoms with van der Waals surface area (Å²) < 4.78 is 51.3. The Morgan fingerprint density at radius 3 is 1.74 bits per heavy atom. The smallest absolute Gasteiger partial charge is 0.332 e. The molecule has 13 heteroatoms. The standard InChI is InChI=1S/C21H34O13/c1-25-6-9-28-13-18(22)32-12-17-21(34-20(24)15-30-11-8-27-3)16(4-5-31-17)33-19(23)14-29-10-7-26-2/h4-5,16-17,21H,6-15H2,1-3H3/t16-,17-,21-/m1/s1. The van der Waals surface area contributed by atoms with E-state index in [1.807, 2.05) is 0 Å². The van der Waals surface area contributed by atoms with Crippen molar-refractivity contribution in [1.29, 1.82) is 0 Å². The summed E-state index contributed by atoms with van der Waals surface area (Å²) in [6.45, 7) is 0.313. The van der Waals surface area contributed by atoms with Gasteiger partial charge in [0.1, 0.15) is 26.4 Å². The fraction of sp³-hybridized carbons (Fsp3) is 0.762. The quantitative estimate of drug-likeness (QED) is 0.126. The largest absolute Gasteiger partial charge is 0.491 e. The lowest BCUT2D eigenvalue weighted by molar-refractivity contribution is -0.186. The molecular weight excluding hydrogens is 460 g/mol. The fourth-order valence-corrected chi connectivity index (χ4v) is 2.49. The summed E-state index contributed by atoms with van der Waals surface area (Å²) in [5.41, 5.74) is 0. The Balaban J connectivity index is 2.67. The van der Waals surface area contributed by atoms with Gasteiger partial charge in [-0.3, -0.25) is 0 Å². The molecule has 0 saturated carbocycles. The van der Waals surface area contributed by atoms with Crippen LogP contribution in [0.25, 0.3) is 0 Å². The Kier molecular flexibility index (Phi) is 16.7. The number of esters is 3. The van der Waals surface area contributed by atoms with Gasteiger partial charge in [0.05, 0.1) is 45.9 Å². The molecule has 1 aliphatic heterocycles. The molecule has 1 aliphatic rings. The molecule has 0 aromatic rings. The van der Waals surface area contributed by atoms with Crippen LogP contribution in [0, 0.1) is 0 Å². The van der Waals surface area contributed by atoms with E-state index in [1.165, 1.54) is 33.7 Å². The van der Waals surface area contributed by atoms with Gasteiger partial charge in [-0.15, -0.1) is 0 Å². The zero-order valence-corrected chi connectivity index (χ0v) is 19.8. The molecule has 0 aliphatic carbocycles. The van der Waals surface area contributed by atoms with Crippen LogP contribution < -0.4 is 0 Å². The van der Waals surface area contributed by atoms with Gasteiger partial charge in [-0.05, 0) is 6.08 Å². The Hall–Kier alpha value is -2.29. The summed E-state index contributed by atoms with van der Waals surface area (Å²) in [5, 5.41) is 0. The maximum atomic E-state index is 12.2. The molecule has 0 N–H and O–H groups in total. The van der Waals surface area contributed by atoms with Crippen LogP contribution in [0.5, 0.6) is 0 Å². The topological polar surface area (TPSA) is 144 Å². The number of hydrogen-bond acceptors (Lipinski definition) is 13. The molecule has 0 unspecified atom stereocenters. The third-order valence-electron chi connectivity index (χ3n) is 4.11. The lowest BCUT2D eigenvalue weighted by Gasteiger charge is -2.33. The molecule has 0 aromatic carbocycles. The van der Waals surface area contributed by atoms with Crippen molar-refractivity contribution in [1.82, 2.24) is 0 Å². The molecular formula is C21H34O13. The SMILES string of the molecule is COCCOCC(=O)OC[C@H]1OC=C[C@@H](OC(=O)COCCOC)[C@H]1OC(=O)COCCOC. The van der Waals surface area contributed by atoms with Gasteiger partial charge in [-0.2, -0.15) is 0 Å². The summed E-state index contributed by atoms with van der Waals surface area (Å²) in [7, 11) is 4.51. The van der Waals surface area contributed by atoms with Gasteiger partial charge in [0.2, 0.25) is 0 Å². The first-order valence-electron chi connectivity index (χ1n) is 10.6. The molecule has 0 saturated heterocycles. The van der Waals surface area contributed by atoms with E-state index < -0.39 is 36.2 Å². The zero-order chi connectivity index (χ0) is 25.0. The van der Waals surface area contributed by atoms with Crippen LogP contribution in [0.4, 0.5) is 0 Å². The van der Waals surface area contributed by atoms with Crippen molar-refractivity contribution in [3.63, 3.8) is 0 Å². The first-order chi connectivity index (χ1) is 16.5. The van der Waals surface area contributed by atoms with E-state index in [0.29, 0.717) is 19.8 Å². The van der Waals surface area contributed by atoms with E-state index in [1.54, 1.807) is 0 Å². The van der Waals surface area contributed by atoms with E-state index in [2.05, 4.69) is 0 Å². The monoisotopic (exact) mass is 494 g/mol. The minimum Gasteiger partial charge on any atom is -0.491 e. The number of carbonyl (C=O) groups is 3. The van der Waals surface area contributed by atoms with Gasteiger partial charge in [0.25, 0.3) is 0 Å². The third kappa shape index (κ3) is 13.4. The summed E-state index contributed by atoms with van der Waals surface area (Å²) in [6.07, 6.45) is -0.367. The second kappa shape index (κ2) is 19.1. The number of carbonyl (C=O) groups excluding carboxylic acids is 3. The predicted molar refractivity (Wildman–Crippen MR) is 113 cm³/mol. The van der Waals surface area contributed by atoms with Crippen molar-refractivity contribution < 1.29 is 61.8 Å². The predicted octanol–water partition coefficient (Wildman–Crippen LogP) is -0.745. The molecule has 0 radical (unpaired) electrons. The molecule has 1 rings (SSSR count). The lowest BCUT2D eigenvalue weighted by Crippen LogP contribution is -2.48. The van der Waals surface area contributed by atoms with Gasteiger partial charge in [-0.25, -0.2) is 14.4 Å². The molecule has 0 aromatic heterocycles. The Morgan fingerprint density at radius 2 is 1.21 bits per heavy atom. The summed E-state index contributed by atoms with van der Waals surface area (Å²) in [6, 6.07) is 0. The van der Waals surface area contributed by atoms with Crippen molar-refractivity contribution in [2.45, 2.75) is 18.3 Å². The van der Waals surface area contributed by atoms with Crippen LogP contribution in [-0.2, 0) is 61.8 Å². The molecule has 34 heavy (non-hydrogen) atoms. The molecule has 0 amide bonds. The van der Waals surface area contributed by atoms with Crippen molar-refractivity contribution in [3.05, 3.63) is 12.3 Å². The second-order valence-corrected chi connectivity index (χ2v) is 6.73. The molecule has 0 fully saturated rings. The van der Waals surface area contributed by atoms with Gasteiger partial charge in [0, 0.05) is 21.3 Å². The average Bonchev–Trinajstić information content (AvgIpc) is 2.82. The Morgan fingerprint density at radius 1 is 0.706 bits per heavy atom. The summed E-state index contributed by atoms with van der Waals surface area (Å²) >= 11 is 0. The molecule has 0 bridgehead atoms. The number of ether oxygens (including phenoxy) is 10. The third-order valence-corrected chi connectivity index (χ3v) is 4.11. The highest BCUT2D eigenvalue weighted by atomic mass is 16.6. The highest BCUT2D eigenvalue weighted by molar-refractivity contribution is 5.72. The maximum Gasteiger partial charge on any atom is 0.332 e. The van der Waals surface area contributed by atoms with E-state index >= 15 is 0 Å². The Bertz CT molecular complexity index is 609. The molecule has 0 spiro atoms. The summed E-state index contributed by atoms with van der Waals surface area (Å²) in [5.74, 6) is -2.06. The van der Waals surface area contributed by atoms with E-state index in [9.17, 15) is 14.4 Å². The van der Waals surface area contributed by atoms with Crippen molar-refractivity contribution >= 4 is 17.9 Å². The van der Waals surface area contributed by atoms with Crippen molar-refractivity contribution in [2.24, 2.45) is 0 Å². The number of methoxy groups -OCH3 is 3. The highest BCUT2D eigenvalue weighted by Gasteiger charge is 2.39. The van der Waals surface area contributed by atoms with Crippen LogP contribution in [0.1, 0.15) is 0 Å². The first kappa shape index (κ1) is 29.7. The van der Waals surface area contributed by atoms with E-state index in [4.69, 9.17) is 47.4 Å². The molecule has 13 nitrogen and oxygen atoms in total. The first-order valence-corrected chi connectivity index (χ1v) is 10.6. The minimum absolute atomic E-state index is 0.189. The molecule has 3 atom stereocenters. The average molecular weight is 494 g/mol. The summed E-state index contributed by atoms with van der Waals surface area (Å²) in [4.78, 5) is 36.3. The highest BCUT2D eigenvalue weighted by Crippen LogP contribution is 2.20. The van der Waals surface area contributed by atoms with Gasteiger partial charge < -0.3 is 47.4 Å². The van der Waals surface area contributed by atoms with Crippen LogP contribution in [-0.4, -0.2) is 124 Å². The maximum absolute atomic E-state index is 12.2. The Labute approximate surface area is 198 Å². The zero-order valence-electron chi connectivity index (χ0n) is 19.8. The van der Waals surface area contributed by atoms with Crippen LogP contribution in [0.2, 0.25) is 0 Å². The van der Waals surface area contributed by atoms with Gasteiger partial charge in [-0.1, -0.05) is 0 Å². The normalized spacial score (nSPS) is 19.3. The molecule has 196 valence electrons. The number of rotatable bonds is 19. The van der Waals surface area contributed by atoms with Gasteiger partial charge in [0.15, 0.2) is 18.3 Å². The second-order valence-electron chi connectivity index (χ2n) is 6.73. The van der Waals surface area contributed by atoms with Crippen LogP contribution in [0.15, 0.2) is 12.3 Å². The molecule has 1 heterocycles. The van der Waals surface area contributed by atoms with Crippen molar-refractivity contribution in [3.8, 4) is 0 Å².